The number of aromatic hydroxyl groups is 1. The fraction of sp³-hybridized carbons (Fsp3) is 0.490. The molecule has 5 heterocycles. The molecule has 7 rings (SSSR count). The number of likely N-dealkylation sites (N-methyl/N-ethyl adjacent to an activating group) is 1. The number of carbonyl (C=O) groups excluding carboxylic acids is 5. The first kappa shape index (κ1) is 49.8. The van der Waals surface area contributed by atoms with E-state index >= 15 is 0 Å². The third kappa shape index (κ3) is 9.75. The second kappa shape index (κ2) is 19.5. The summed E-state index contributed by atoms with van der Waals surface area (Å²) < 4.78 is 14.0. The van der Waals surface area contributed by atoms with Gasteiger partial charge in [0.05, 0.1) is 24.9 Å². The van der Waals surface area contributed by atoms with Crippen LogP contribution >= 0.6 is 0 Å². The third-order valence-electron chi connectivity index (χ3n) is 13.6. The number of hydrogen-bond acceptors (Lipinski definition) is 12. The number of esters is 1. The lowest BCUT2D eigenvalue weighted by Crippen LogP contribution is -2.67. The Morgan fingerprint density at radius 2 is 1.82 bits per heavy atom. The van der Waals surface area contributed by atoms with Crippen molar-refractivity contribution in [3.05, 3.63) is 84.2 Å². The lowest BCUT2D eigenvalue weighted by Gasteiger charge is -2.40. The van der Waals surface area contributed by atoms with Crippen molar-refractivity contribution < 1.29 is 48.8 Å². The van der Waals surface area contributed by atoms with Gasteiger partial charge in [0, 0.05) is 87.3 Å². The molecule has 5 N–H and O–H groups in total. The fourth-order valence-electron chi connectivity index (χ4n) is 10.1. The Kier molecular flexibility index (Phi) is 14.2. The zero-order valence-electron chi connectivity index (χ0n) is 40.3. The minimum atomic E-state index is -2.30. The first-order valence-corrected chi connectivity index (χ1v) is 23.3. The summed E-state index contributed by atoms with van der Waals surface area (Å²) >= 11 is 0. The summed E-state index contributed by atoms with van der Waals surface area (Å²) in [5.74, 6) is -4.19. The van der Waals surface area contributed by atoms with Gasteiger partial charge in [-0.15, -0.1) is 0 Å². The number of nitrogens with one attached hydrogen (secondary N) is 2. The van der Waals surface area contributed by atoms with Gasteiger partial charge in [0.25, 0.3) is 11.8 Å². The standard InChI is InChI=1S/C51H65N7O10/c1-10-42(60)56-20-17-50(65,28-56)47(63)55(8)43(30(3)4)45(61)53-40-23-32-21-34(24-35(59)22-32)33-13-14-41-37(25-33)38(44(57(41)11-2)39-27-52-18-15-36(39)31(5)67-9)26-49(6,7)29-68-48(64)51(66)16-12-19-58(54-51)46(40)62/h10,13-15,18,21-22,24-25,27,30-31,40,43,54,59,65-66H,1,11-12,16-17,19-20,23,26,28-29H2,2-9H3,(H,53,61)/t31-,40-,43-,50?,51-/m0/s1. The van der Waals surface area contributed by atoms with Crippen LogP contribution in [0.3, 0.4) is 0 Å². The van der Waals surface area contributed by atoms with Crippen molar-refractivity contribution in [2.45, 2.75) is 110 Å². The molecule has 0 aliphatic carbocycles. The number of aliphatic hydroxyl groups is 2. The van der Waals surface area contributed by atoms with Crippen molar-refractivity contribution >= 4 is 40.5 Å². The van der Waals surface area contributed by atoms with E-state index in [0.29, 0.717) is 24.1 Å². The summed E-state index contributed by atoms with van der Waals surface area (Å²) in [5.41, 5.74) is 4.35. The van der Waals surface area contributed by atoms with Crippen LogP contribution in [0.1, 0.15) is 83.6 Å². The maximum atomic E-state index is 14.8. The number of ether oxygens (including phenoxy) is 2. The van der Waals surface area contributed by atoms with E-state index < -0.39 is 64.3 Å². The number of phenols is 1. The van der Waals surface area contributed by atoms with Crippen LogP contribution in [0.15, 0.2) is 67.5 Å². The van der Waals surface area contributed by atoms with Crippen molar-refractivity contribution in [2.24, 2.45) is 11.3 Å². The molecule has 4 amide bonds. The summed E-state index contributed by atoms with van der Waals surface area (Å²) in [7, 11) is 3.06. The highest BCUT2D eigenvalue weighted by Gasteiger charge is 2.49. The summed E-state index contributed by atoms with van der Waals surface area (Å²) in [5, 5.41) is 39.6. The van der Waals surface area contributed by atoms with Gasteiger partial charge in [0.2, 0.25) is 17.5 Å². The predicted octanol–water partition coefficient (Wildman–Crippen LogP) is 4.40. The van der Waals surface area contributed by atoms with Crippen molar-refractivity contribution in [1.82, 2.24) is 35.1 Å². The average Bonchev–Trinajstić information content (AvgIpc) is 3.86. The molecule has 1 unspecified atom stereocenters. The van der Waals surface area contributed by atoms with Gasteiger partial charge in [-0.1, -0.05) is 46.4 Å². The molecule has 6 bridgehead atoms. The Balaban J connectivity index is 1.33. The molecule has 364 valence electrons. The number of nitrogens with zero attached hydrogens (tertiary/aromatic N) is 5. The minimum Gasteiger partial charge on any atom is -0.508 e. The van der Waals surface area contributed by atoms with Gasteiger partial charge in [0.15, 0.2) is 5.60 Å². The third-order valence-corrected chi connectivity index (χ3v) is 13.6. The molecular weight excluding hydrogens is 871 g/mol. The van der Waals surface area contributed by atoms with Crippen LogP contribution in [0.25, 0.3) is 33.3 Å². The highest BCUT2D eigenvalue weighted by Crippen LogP contribution is 2.42. The Bertz CT molecular complexity index is 2630. The van der Waals surface area contributed by atoms with Crippen LogP contribution in [0.5, 0.6) is 5.75 Å². The summed E-state index contributed by atoms with van der Waals surface area (Å²) in [4.78, 5) is 76.6. The smallest absolute Gasteiger partial charge is 0.355 e. The number of benzene rings is 2. The number of pyridine rings is 1. The van der Waals surface area contributed by atoms with Crippen LogP contribution in [0.2, 0.25) is 0 Å². The van der Waals surface area contributed by atoms with Crippen LogP contribution < -0.4 is 10.7 Å². The Morgan fingerprint density at radius 3 is 2.51 bits per heavy atom. The van der Waals surface area contributed by atoms with Crippen molar-refractivity contribution in [3.63, 3.8) is 0 Å². The molecule has 2 aromatic heterocycles. The van der Waals surface area contributed by atoms with Crippen LogP contribution in [-0.2, 0) is 52.8 Å². The van der Waals surface area contributed by atoms with Gasteiger partial charge >= 0.3 is 5.97 Å². The number of phenolic OH excluding ortho intramolecular Hbond substituents is 1. The Labute approximate surface area is 397 Å². The molecule has 3 aliphatic rings. The van der Waals surface area contributed by atoms with E-state index in [-0.39, 0.29) is 63.8 Å². The zero-order valence-corrected chi connectivity index (χ0v) is 40.3. The predicted molar refractivity (Wildman–Crippen MR) is 254 cm³/mol. The Morgan fingerprint density at radius 1 is 1.07 bits per heavy atom. The number of β-amino-alcohol motifs (C(OH)–C–C–N with tert-alkyl or cyclic N) is 1. The van der Waals surface area contributed by atoms with Crippen molar-refractivity contribution in [2.75, 3.05) is 40.4 Å². The molecule has 17 heteroatoms. The van der Waals surface area contributed by atoms with Gasteiger partial charge in [-0.3, -0.25) is 29.2 Å². The highest BCUT2D eigenvalue weighted by molar-refractivity contribution is 5.97. The van der Waals surface area contributed by atoms with E-state index in [1.165, 1.54) is 18.0 Å². The van der Waals surface area contributed by atoms with Gasteiger partial charge in [-0.05, 0) is 96.8 Å². The molecule has 4 aromatic rings. The Hall–Kier alpha value is -6.14. The molecule has 2 fully saturated rings. The molecular formula is C51H65N7O10. The number of cyclic esters (lactones) is 1. The molecule has 0 spiro atoms. The van der Waals surface area contributed by atoms with Crippen LogP contribution in [0.4, 0.5) is 0 Å². The van der Waals surface area contributed by atoms with Gasteiger partial charge in [-0.2, -0.15) is 5.43 Å². The molecule has 2 saturated heterocycles. The number of rotatable bonds is 10. The second-order valence-corrected chi connectivity index (χ2v) is 19.6. The second-order valence-electron chi connectivity index (χ2n) is 19.6. The van der Waals surface area contributed by atoms with E-state index in [1.807, 2.05) is 51.2 Å². The first-order chi connectivity index (χ1) is 32.1. The minimum absolute atomic E-state index is 0.0501. The van der Waals surface area contributed by atoms with Crippen LogP contribution in [0, 0.1) is 11.3 Å². The quantitative estimate of drug-likeness (QED) is 0.111. The number of hydrazine groups is 1. The number of carbonyl (C=O) groups is 5. The van der Waals surface area contributed by atoms with E-state index in [2.05, 4.69) is 39.9 Å². The summed E-state index contributed by atoms with van der Waals surface area (Å²) in [6.07, 6.45) is 4.80. The number of methoxy groups -OCH3 is 1. The molecule has 17 nitrogen and oxygen atoms in total. The SMILES string of the molecule is C=CC(=O)N1CCC(O)(C(=O)N(C)[C@H](C(=O)N[C@H]2Cc3cc(O)cc(c3)-c3ccc4c(c3)c(c(-c3cnccc3[C@H](C)OC)n4CC)CC(C)(C)COC(=O)[C@@]3(O)CCCN(N3)C2=O)C(C)C)C1. The number of likely N-dealkylation sites (tertiary alicyclic amines) is 1. The van der Waals surface area contributed by atoms with Gasteiger partial charge in [-0.25, -0.2) is 4.79 Å². The van der Waals surface area contributed by atoms with Crippen molar-refractivity contribution in [1.29, 1.82) is 0 Å². The largest absolute Gasteiger partial charge is 0.508 e. The zero-order chi connectivity index (χ0) is 49.5. The van der Waals surface area contributed by atoms with Crippen molar-refractivity contribution in [3.8, 4) is 28.1 Å². The highest BCUT2D eigenvalue weighted by atomic mass is 16.6. The molecule has 5 atom stereocenters. The normalized spacial score (nSPS) is 22.9. The monoisotopic (exact) mass is 935 g/mol. The van der Waals surface area contributed by atoms with Gasteiger partial charge in [0.1, 0.15) is 17.8 Å². The maximum Gasteiger partial charge on any atom is 0.355 e. The molecule has 2 aromatic carbocycles. The first-order valence-electron chi connectivity index (χ1n) is 23.3. The lowest BCUT2D eigenvalue weighted by molar-refractivity contribution is -0.189. The molecule has 0 radical (unpaired) electrons. The number of aromatic nitrogens is 2. The lowest BCUT2D eigenvalue weighted by atomic mass is 9.84. The topological polar surface area (TPSA) is 216 Å². The van der Waals surface area contributed by atoms with E-state index in [1.54, 1.807) is 33.2 Å². The van der Waals surface area contributed by atoms with E-state index in [9.17, 15) is 39.3 Å². The maximum absolute atomic E-state index is 14.8. The van der Waals surface area contributed by atoms with E-state index in [0.717, 1.165) is 54.8 Å². The number of hydrogen-bond donors (Lipinski definition) is 5. The summed E-state index contributed by atoms with van der Waals surface area (Å²) in [6, 6.07) is 10.5. The number of aryl methyl sites for hydroxylation is 1. The van der Waals surface area contributed by atoms with Gasteiger partial charge < -0.3 is 44.5 Å². The fourth-order valence-corrected chi connectivity index (χ4v) is 10.1. The average molecular weight is 936 g/mol. The van der Waals surface area contributed by atoms with Crippen LogP contribution in [-0.4, -0.2) is 133 Å². The molecule has 68 heavy (non-hydrogen) atoms. The molecule has 3 aliphatic heterocycles. The summed E-state index contributed by atoms with van der Waals surface area (Å²) in [6.45, 7) is 15.4. The number of amides is 4. The number of fused-ring (bicyclic) bond motifs is 6. The van der Waals surface area contributed by atoms with E-state index in [4.69, 9.17) is 9.47 Å². The molecule has 0 saturated carbocycles.